The Labute approximate surface area is 78.8 Å². The van der Waals surface area contributed by atoms with Gasteiger partial charge >= 0.3 is 0 Å². The smallest absolute Gasteiger partial charge is 0.0228 e. The molecule has 0 bridgehead atoms. The average Bonchev–Trinajstić information content (AvgIpc) is 1.87. The van der Waals surface area contributed by atoms with Crippen molar-refractivity contribution < 1.29 is 0 Å². The molecule has 0 aliphatic rings. The van der Waals surface area contributed by atoms with Crippen LogP contribution in [0.5, 0.6) is 0 Å². The molecule has 0 fully saturated rings. The van der Waals surface area contributed by atoms with E-state index in [1.165, 1.54) is 12.8 Å². The van der Waals surface area contributed by atoms with Crippen LogP contribution in [0.25, 0.3) is 0 Å². The minimum atomic E-state index is 0.185. The Balaban J connectivity index is 4.83. The summed E-state index contributed by atoms with van der Waals surface area (Å²) in [6.45, 7) is 18.0. The van der Waals surface area contributed by atoms with Gasteiger partial charge in [-0.05, 0) is 36.5 Å². The quantitative estimate of drug-likeness (QED) is 0.588. The molecule has 0 aliphatic heterocycles. The number of hydrogen-bond donors (Lipinski definition) is 0. The van der Waals surface area contributed by atoms with Crippen LogP contribution in [-0.2, 0) is 0 Å². The van der Waals surface area contributed by atoms with Gasteiger partial charge in [0.25, 0.3) is 0 Å². The first-order chi connectivity index (χ1) is 5.31. The van der Waals surface area contributed by atoms with Gasteiger partial charge in [-0.15, -0.1) is 0 Å². The molecular formula is C12H25. The zero-order valence-corrected chi connectivity index (χ0v) is 9.70. The minimum absolute atomic E-state index is 0.185. The summed E-state index contributed by atoms with van der Waals surface area (Å²) in [6.07, 6.45) is 2.47. The Hall–Kier alpha value is 0. The third-order valence-corrected chi connectivity index (χ3v) is 3.71. The van der Waals surface area contributed by atoms with Crippen LogP contribution in [0.1, 0.15) is 54.4 Å². The molecular weight excluding hydrogens is 144 g/mol. The molecule has 73 valence electrons. The highest BCUT2D eigenvalue weighted by Crippen LogP contribution is 2.49. The molecule has 0 saturated carbocycles. The van der Waals surface area contributed by atoms with Gasteiger partial charge in [0.2, 0.25) is 0 Å². The maximum atomic E-state index is 4.31. The lowest BCUT2D eigenvalue weighted by molar-refractivity contribution is 0.0415. The van der Waals surface area contributed by atoms with Crippen LogP contribution in [0, 0.1) is 23.7 Å². The second-order valence-electron chi connectivity index (χ2n) is 4.90. The molecule has 0 atom stereocenters. The van der Waals surface area contributed by atoms with E-state index in [1.807, 2.05) is 0 Å². The van der Waals surface area contributed by atoms with Crippen molar-refractivity contribution in [3.05, 3.63) is 6.92 Å². The zero-order valence-electron chi connectivity index (χ0n) is 9.70. The average molecular weight is 169 g/mol. The largest absolute Gasteiger partial charge is 0.0648 e. The van der Waals surface area contributed by atoms with Crippen LogP contribution >= 0.6 is 0 Å². The molecule has 0 aromatic heterocycles. The molecule has 0 spiro atoms. The highest BCUT2D eigenvalue weighted by molar-refractivity contribution is 4.94. The van der Waals surface area contributed by atoms with E-state index in [4.69, 9.17) is 0 Å². The zero-order chi connectivity index (χ0) is 9.99. The molecule has 0 amide bonds. The van der Waals surface area contributed by atoms with Crippen LogP contribution < -0.4 is 0 Å². The van der Waals surface area contributed by atoms with E-state index < -0.39 is 0 Å². The van der Waals surface area contributed by atoms with Crippen LogP contribution in [0.2, 0.25) is 0 Å². The Morgan fingerprint density at radius 1 is 1.08 bits per heavy atom. The van der Waals surface area contributed by atoms with E-state index >= 15 is 0 Å². The third kappa shape index (κ3) is 1.84. The van der Waals surface area contributed by atoms with Crippen molar-refractivity contribution in [2.45, 2.75) is 54.4 Å². The fourth-order valence-electron chi connectivity index (χ4n) is 2.81. The van der Waals surface area contributed by atoms with Crippen LogP contribution in [0.3, 0.4) is 0 Å². The SMILES string of the molecule is [CH2]C(C)(C)C(CC)(CC)C(C)C. The highest BCUT2D eigenvalue weighted by Gasteiger charge is 2.41. The molecule has 0 aromatic carbocycles. The second-order valence-corrected chi connectivity index (χ2v) is 4.90. The molecule has 12 heavy (non-hydrogen) atoms. The summed E-state index contributed by atoms with van der Waals surface area (Å²) in [4.78, 5) is 0. The van der Waals surface area contributed by atoms with Gasteiger partial charge < -0.3 is 0 Å². The van der Waals surface area contributed by atoms with Crippen LogP contribution in [0.4, 0.5) is 0 Å². The maximum Gasteiger partial charge on any atom is -0.0228 e. The van der Waals surface area contributed by atoms with Gasteiger partial charge in [-0.25, -0.2) is 0 Å². The van der Waals surface area contributed by atoms with Crippen molar-refractivity contribution in [2.75, 3.05) is 0 Å². The van der Waals surface area contributed by atoms with Gasteiger partial charge in [0.15, 0.2) is 0 Å². The van der Waals surface area contributed by atoms with Crippen molar-refractivity contribution in [1.29, 1.82) is 0 Å². The predicted octanol–water partition coefficient (Wildman–Crippen LogP) is 4.31. The van der Waals surface area contributed by atoms with Crippen molar-refractivity contribution >= 4 is 0 Å². The van der Waals surface area contributed by atoms with E-state index in [-0.39, 0.29) is 5.41 Å². The number of hydrogen-bond acceptors (Lipinski definition) is 0. The van der Waals surface area contributed by atoms with Crippen molar-refractivity contribution in [1.82, 2.24) is 0 Å². The first-order valence-electron chi connectivity index (χ1n) is 5.17. The summed E-state index contributed by atoms with van der Waals surface area (Å²) >= 11 is 0. The van der Waals surface area contributed by atoms with Gasteiger partial charge in [-0.1, -0.05) is 41.5 Å². The molecule has 1 radical (unpaired) electrons. The fraction of sp³-hybridized carbons (Fsp3) is 0.917. The lowest BCUT2D eigenvalue weighted by Crippen LogP contribution is -2.39. The minimum Gasteiger partial charge on any atom is -0.0648 e. The van der Waals surface area contributed by atoms with E-state index in [9.17, 15) is 0 Å². The van der Waals surface area contributed by atoms with E-state index in [2.05, 4.69) is 48.5 Å². The lowest BCUT2D eigenvalue weighted by Gasteiger charge is -2.47. The third-order valence-electron chi connectivity index (χ3n) is 3.71. The van der Waals surface area contributed by atoms with E-state index in [0.29, 0.717) is 5.41 Å². The molecule has 0 heterocycles. The molecule has 0 N–H and O–H groups in total. The predicted molar refractivity (Wildman–Crippen MR) is 57.0 cm³/mol. The first-order valence-corrected chi connectivity index (χ1v) is 5.17. The van der Waals surface area contributed by atoms with Crippen LogP contribution in [0.15, 0.2) is 0 Å². The standard InChI is InChI=1S/C12H25/c1-8-12(9-2,10(3)4)11(5,6)7/h10H,5,8-9H2,1-4,6-7H3. The van der Waals surface area contributed by atoms with Crippen molar-refractivity contribution in [3.8, 4) is 0 Å². The summed E-state index contributed by atoms with van der Waals surface area (Å²) in [5.41, 5.74) is 0.595. The van der Waals surface area contributed by atoms with Crippen molar-refractivity contribution in [3.63, 3.8) is 0 Å². The normalized spacial score (nSPS) is 14.0. The topological polar surface area (TPSA) is 0 Å². The molecule has 0 aliphatic carbocycles. The summed E-state index contributed by atoms with van der Waals surface area (Å²) in [5, 5.41) is 0. The Morgan fingerprint density at radius 3 is 1.42 bits per heavy atom. The summed E-state index contributed by atoms with van der Waals surface area (Å²) < 4.78 is 0. The van der Waals surface area contributed by atoms with Gasteiger partial charge in [0.05, 0.1) is 0 Å². The molecule has 0 rings (SSSR count). The van der Waals surface area contributed by atoms with Gasteiger partial charge in [0, 0.05) is 0 Å². The fourth-order valence-corrected chi connectivity index (χ4v) is 2.81. The molecule has 0 saturated heterocycles. The molecule has 0 aromatic rings. The molecule has 0 unspecified atom stereocenters. The Kier molecular flexibility index (Phi) is 3.81. The molecule has 0 nitrogen and oxygen atoms in total. The summed E-state index contributed by atoms with van der Waals surface area (Å²) in [5.74, 6) is 0.722. The summed E-state index contributed by atoms with van der Waals surface area (Å²) in [6, 6.07) is 0. The second kappa shape index (κ2) is 3.81. The van der Waals surface area contributed by atoms with E-state index in [0.717, 1.165) is 5.92 Å². The summed E-state index contributed by atoms with van der Waals surface area (Å²) in [7, 11) is 0. The Bertz CT molecular complexity index is 121. The van der Waals surface area contributed by atoms with Gasteiger partial charge in [-0.3, -0.25) is 0 Å². The van der Waals surface area contributed by atoms with Crippen LogP contribution in [-0.4, -0.2) is 0 Å². The Morgan fingerprint density at radius 2 is 1.42 bits per heavy atom. The monoisotopic (exact) mass is 169 g/mol. The van der Waals surface area contributed by atoms with Gasteiger partial charge in [0.1, 0.15) is 0 Å². The van der Waals surface area contributed by atoms with Crippen molar-refractivity contribution in [2.24, 2.45) is 16.7 Å². The molecule has 0 heteroatoms. The lowest BCUT2D eigenvalue weighted by atomic mass is 9.58. The first kappa shape index (κ1) is 12.0. The number of rotatable bonds is 4. The van der Waals surface area contributed by atoms with Gasteiger partial charge in [-0.2, -0.15) is 0 Å². The maximum absolute atomic E-state index is 4.31. The van der Waals surface area contributed by atoms with E-state index in [1.54, 1.807) is 0 Å². The highest BCUT2D eigenvalue weighted by atomic mass is 14.5.